The Bertz CT molecular complexity index is 1220. The Balaban J connectivity index is 1.64. The van der Waals surface area contributed by atoms with Gasteiger partial charge in [0.2, 0.25) is 0 Å². The third-order valence-corrected chi connectivity index (χ3v) is 5.48. The topological polar surface area (TPSA) is 62.6 Å². The van der Waals surface area contributed by atoms with Crippen LogP contribution < -0.4 is 4.90 Å². The first-order chi connectivity index (χ1) is 14.0. The van der Waals surface area contributed by atoms with E-state index in [2.05, 4.69) is 71.7 Å². The normalized spacial score (nSPS) is 16.9. The molecule has 0 spiro atoms. The van der Waals surface area contributed by atoms with E-state index in [0.717, 1.165) is 46.8 Å². The molecule has 1 aliphatic heterocycles. The Kier molecular flexibility index (Phi) is 4.01. The summed E-state index contributed by atoms with van der Waals surface area (Å²) in [5, 5.41) is 8.65. The van der Waals surface area contributed by atoms with Gasteiger partial charge in [-0.3, -0.25) is 0 Å². The summed E-state index contributed by atoms with van der Waals surface area (Å²) in [5.74, 6) is 0.966. The standard InChI is InChI=1S/C23H23N6/c1-14-5-6-19(29-24-7-8-25-29)20(11-14)28-13-16(3)12-21(28)23-26-18-10-15(2)9-17(4)22(18)27-23/h5,7-11,21H,3,12-13H2,1-2,4H3,(H,26,27)/t21-/m0/s1. The van der Waals surface area contributed by atoms with E-state index in [-0.39, 0.29) is 6.04 Å². The van der Waals surface area contributed by atoms with Gasteiger partial charge in [-0.05, 0) is 62.1 Å². The second-order valence-corrected chi connectivity index (χ2v) is 7.93. The molecular formula is C23H23N6. The van der Waals surface area contributed by atoms with Crippen molar-refractivity contribution >= 4 is 16.7 Å². The van der Waals surface area contributed by atoms with E-state index in [1.54, 1.807) is 17.2 Å². The van der Waals surface area contributed by atoms with Gasteiger partial charge < -0.3 is 9.88 Å². The largest absolute Gasteiger partial charge is 0.355 e. The number of hydrogen-bond acceptors (Lipinski definition) is 4. The first-order valence-corrected chi connectivity index (χ1v) is 9.79. The van der Waals surface area contributed by atoms with Crippen molar-refractivity contribution in [1.29, 1.82) is 0 Å². The van der Waals surface area contributed by atoms with Crippen LogP contribution in [0.25, 0.3) is 16.7 Å². The summed E-state index contributed by atoms with van der Waals surface area (Å²) in [4.78, 5) is 12.5. The van der Waals surface area contributed by atoms with Gasteiger partial charge in [0, 0.05) is 12.6 Å². The first kappa shape index (κ1) is 17.7. The SMILES string of the molecule is C=C1C[C@@H](c2nc3c(C)cc(C)cc3[nH]2)N(c2cc(C)c[c]c2-n2nccn2)C1. The van der Waals surface area contributed by atoms with Gasteiger partial charge >= 0.3 is 0 Å². The Morgan fingerprint density at radius 1 is 1.10 bits per heavy atom. The van der Waals surface area contributed by atoms with Crippen molar-refractivity contribution in [1.82, 2.24) is 25.0 Å². The molecule has 3 heterocycles. The number of benzene rings is 2. The van der Waals surface area contributed by atoms with Crippen molar-refractivity contribution in [3.63, 3.8) is 0 Å². The number of H-pyrrole nitrogens is 1. The molecule has 1 fully saturated rings. The lowest BCUT2D eigenvalue weighted by molar-refractivity contribution is 0.678. The lowest BCUT2D eigenvalue weighted by atomic mass is 10.1. The quantitative estimate of drug-likeness (QED) is 0.534. The zero-order chi connectivity index (χ0) is 20.1. The number of rotatable bonds is 3. The lowest BCUT2D eigenvalue weighted by Gasteiger charge is -2.27. The monoisotopic (exact) mass is 383 g/mol. The second-order valence-electron chi connectivity index (χ2n) is 7.93. The molecule has 2 aromatic heterocycles. The molecule has 0 unspecified atom stereocenters. The fraction of sp³-hybridized carbons (Fsp3) is 0.261. The van der Waals surface area contributed by atoms with Crippen LogP contribution in [0.2, 0.25) is 0 Å². The second kappa shape index (κ2) is 6.58. The minimum absolute atomic E-state index is 0.0825. The maximum atomic E-state index is 4.97. The lowest BCUT2D eigenvalue weighted by Crippen LogP contribution is -2.25. The summed E-state index contributed by atoms with van der Waals surface area (Å²) in [6.45, 7) is 11.3. The number of nitrogens with zero attached hydrogens (tertiary/aromatic N) is 5. The molecule has 29 heavy (non-hydrogen) atoms. The smallest absolute Gasteiger partial charge is 0.130 e. The summed E-state index contributed by atoms with van der Waals surface area (Å²) < 4.78 is 0. The van der Waals surface area contributed by atoms with E-state index in [0.29, 0.717) is 0 Å². The molecule has 5 rings (SSSR count). The van der Waals surface area contributed by atoms with Gasteiger partial charge in [0.1, 0.15) is 11.5 Å². The van der Waals surface area contributed by atoms with Crippen LogP contribution in [0.5, 0.6) is 0 Å². The molecule has 2 aromatic carbocycles. The van der Waals surface area contributed by atoms with Crippen LogP contribution in [0, 0.1) is 26.8 Å². The van der Waals surface area contributed by atoms with Crippen LogP contribution >= 0.6 is 0 Å². The summed E-state index contributed by atoms with van der Waals surface area (Å²) in [6, 6.07) is 11.9. The number of fused-ring (bicyclic) bond motifs is 1. The maximum Gasteiger partial charge on any atom is 0.130 e. The van der Waals surface area contributed by atoms with E-state index in [4.69, 9.17) is 4.98 Å². The van der Waals surface area contributed by atoms with E-state index in [1.807, 2.05) is 6.07 Å². The fourth-order valence-electron chi connectivity index (χ4n) is 4.24. The van der Waals surface area contributed by atoms with Crippen molar-refractivity contribution in [3.05, 3.63) is 77.4 Å². The number of imidazole rings is 1. The highest BCUT2D eigenvalue weighted by Gasteiger charge is 2.33. The summed E-state index contributed by atoms with van der Waals surface area (Å²) in [7, 11) is 0. The molecular weight excluding hydrogens is 360 g/mol. The molecule has 0 bridgehead atoms. The number of hydrogen-bond donors (Lipinski definition) is 1. The highest BCUT2D eigenvalue weighted by Crippen LogP contribution is 2.40. The van der Waals surface area contributed by atoms with Gasteiger partial charge in [-0.25, -0.2) is 4.98 Å². The molecule has 0 amide bonds. The Morgan fingerprint density at radius 2 is 1.90 bits per heavy atom. The van der Waals surface area contributed by atoms with E-state index < -0.39 is 0 Å². The molecule has 1 atom stereocenters. The van der Waals surface area contributed by atoms with Crippen LogP contribution in [-0.4, -0.2) is 31.5 Å². The van der Waals surface area contributed by atoms with Crippen LogP contribution in [0.3, 0.4) is 0 Å². The Hall–Kier alpha value is -3.41. The predicted octanol–water partition coefficient (Wildman–Crippen LogP) is 4.38. The molecule has 6 nitrogen and oxygen atoms in total. The third-order valence-electron chi connectivity index (χ3n) is 5.48. The van der Waals surface area contributed by atoms with Crippen molar-refractivity contribution in [2.75, 3.05) is 11.4 Å². The fourth-order valence-corrected chi connectivity index (χ4v) is 4.24. The number of aryl methyl sites for hydroxylation is 3. The van der Waals surface area contributed by atoms with Crippen LogP contribution in [0.4, 0.5) is 5.69 Å². The van der Waals surface area contributed by atoms with Gasteiger partial charge in [0.05, 0.1) is 35.2 Å². The van der Waals surface area contributed by atoms with E-state index in [1.165, 1.54) is 16.7 Å². The highest BCUT2D eigenvalue weighted by atomic mass is 15.5. The van der Waals surface area contributed by atoms with Crippen LogP contribution in [0.15, 0.2) is 48.8 Å². The van der Waals surface area contributed by atoms with Gasteiger partial charge in [-0.2, -0.15) is 10.2 Å². The molecule has 0 aliphatic carbocycles. The molecule has 1 saturated heterocycles. The average molecular weight is 383 g/mol. The minimum Gasteiger partial charge on any atom is -0.355 e. The number of aromatic nitrogens is 5. The molecule has 4 aromatic rings. The zero-order valence-corrected chi connectivity index (χ0v) is 16.9. The predicted molar refractivity (Wildman–Crippen MR) is 114 cm³/mol. The highest BCUT2D eigenvalue weighted by molar-refractivity contribution is 5.80. The van der Waals surface area contributed by atoms with Gasteiger partial charge in [0.15, 0.2) is 0 Å². The molecule has 145 valence electrons. The van der Waals surface area contributed by atoms with E-state index in [9.17, 15) is 0 Å². The Morgan fingerprint density at radius 3 is 2.69 bits per heavy atom. The summed E-state index contributed by atoms with van der Waals surface area (Å²) in [5.41, 5.74) is 8.75. The minimum atomic E-state index is 0.0825. The van der Waals surface area contributed by atoms with Crippen molar-refractivity contribution in [2.45, 2.75) is 33.2 Å². The maximum absolute atomic E-state index is 4.97. The molecule has 0 saturated carbocycles. The van der Waals surface area contributed by atoms with E-state index >= 15 is 0 Å². The molecule has 6 heteroatoms. The van der Waals surface area contributed by atoms with Gasteiger partial charge in [-0.1, -0.05) is 18.2 Å². The van der Waals surface area contributed by atoms with Crippen molar-refractivity contribution in [2.24, 2.45) is 0 Å². The molecule has 1 aliphatic rings. The number of nitrogens with one attached hydrogen (secondary N) is 1. The molecule has 1 radical (unpaired) electrons. The van der Waals surface area contributed by atoms with Gasteiger partial charge in [0.25, 0.3) is 0 Å². The zero-order valence-electron chi connectivity index (χ0n) is 16.9. The summed E-state index contributed by atoms with van der Waals surface area (Å²) in [6.07, 6.45) is 4.22. The number of anilines is 1. The van der Waals surface area contributed by atoms with Crippen LogP contribution in [0.1, 0.15) is 35.0 Å². The first-order valence-electron chi connectivity index (χ1n) is 9.79. The summed E-state index contributed by atoms with van der Waals surface area (Å²) >= 11 is 0. The third kappa shape index (κ3) is 3.01. The van der Waals surface area contributed by atoms with Gasteiger partial charge in [-0.15, -0.1) is 4.80 Å². The van der Waals surface area contributed by atoms with Crippen molar-refractivity contribution in [3.8, 4) is 5.69 Å². The van der Waals surface area contributed by atoms with Crippen LogP contribution in [-0.2, 0) is 0 Å². The van der Waals surface area contributed by atoms with Crippen molar-refractivity contribution < 1.29 is 0 Å². The molecule has 1 N–H and O–H groups in total. The Labute approximate surface area is 169 Å². The average Bonchev–Trinajstić information content (AvgIpc) is 3.40. The number of aromatic amines is 1.